The minimum atomic E-state index is 0.264. The Balaban J connectivity index is 3.14. The van der Waals surface area contributed by atoms with Gasteiger partial charge in [0.15, 0.2) is 0 Å². The van der Waals surface area contributed by atoms with Gasteiger partial charge in [-0.3, -0.25) is 10.7 Å². The van der Waals surface area contributed by atoms with Crippen LogP contribution >= 0.6 is 0 Å². The molecule has 0 amide bonds. The second-order valence-electron chi connectivity index (χ2n) is 1.81. The maximum Gasteiger partial charge on any atom is 0.0693 e. The Bertz CT molecular complexity index is 44.2. The molecule has 0 aliphatic rings. The van der Waals surface area contributed by atoms with Crippen LogP contribution in [0.4, 0.5) is 0 Å². The van der Waals surface area contributed by atoms with Crippen LogP contribution < -0.4 is 11.3 Å². The fraction of sp³-hybridized carbons (Fsp3) is 1.00. The van der Waals surface area contributed by atoms with Crippen LogP contribution in [0.25, 0.3) is 0 Å². The van der Waals surface area contributed by atoms with Crippen molar-refractivity contribution >= 4 is 0 Å². The molecule has 0 saturated carbocycles. The van der Waals surface area contributed by atoms with Gasteiger partial charge in [0.2, 0.25) is 0 Å². The largest absolute Gasteiger partial charge is 0.293 e. The third-order valence-corrected chi connectivity index (χ3v) is 1.02. The Labute approximate surface area is 44.5 Å². The molecule has 3 heteroatoms. The van der Waals surface area contributed by atoms with Crippen LogP contribution in [-0.2, 0) is 0 Å². The van der Waals surface area contributed by atoms with Gasteiger partial charge in [-0.2, -0.15) is 0 Å². The van der Waals surface area contributed by atoms with Crippen LogP contribution in [-0.4, -0.2) is 25.2 Å². The van der Waals surface area contributed by atoms with Gasteiger partial charge in [-0.25, -0.2) is 5.43 Å². The van der Waals surface area contributed by atoms with E-state index in [9.17, 15) is 0 Å². The quantitative estimate of drug-likeness (QED) is 0.277. The maximum atomic E-state index is 5.08. The van der Waals surface area contributed by atoms with Crippen molar-refractivity contribution in [2.75, 3.05) is 14.1 Å². The molecule has 0 aromatic rings. The van der Waals surface area contributed by atoms with Gasteiger partial charge in [0.1, 0.15) is 0 Å². The molecular weight excluding hydrogens is 90.1 g/mol. The highest BCUT2D eigenvalue weighted by atomic mass is 15.3. The Kier molecular flexibility index (Phi) is 2.91. The van der Waals surface area contributed by atoms with E-state index in [1.807, 2.05) is 25.9 Å². The van der Waals surface area contributed by atoms with E-state index < -0.39 is 0 Å². The van der Waals surface area contributed by atoms with Gasteiger partial charge < -0.3 is 0 Å². The molecule has 0 aliphatic heterocycles. The van der Waals surface area contributed by atoms with E-state index in [0.717, 1.165) is 0 Å². The molecule has 0 bridgehead atoms. The van der Waals surface area contributed by atoms with Crippen LogP contribution in [0.5, 0.6) is 0 Å². The number of hydrogen-bond donors (Lipinski definition) is 2. The van der Waals surface area contributed by atoms with E-state index in [2.05, 4.69) is 5.43 Å². The van der Waals surface area contributed by atoms with Crippen molar-refractivity contribution in [2.45, 2.75) is 13.1 Å². The smallest absolute Gasteiger partial charge is 0.0693 e. The molecule has 7 heavy (non-hydrogen) atoms. The van der Waals surface area contributed by atoms with Crippen molar-refractivity contribution in [3.8, 4) is 0 Å². The van der Waals surface area contributed by atoms with Crippen molar-refractivity contribution in [3.63, 3.8) is 0 Å². The second-order valence-corrected chi connectivity index (χ2v) is 1.81. The molecule has 0 aromatic heterocycles. The lowest BCUT2D eigenvalue weighted by Crippen LogP contribution is -2.42. The van der Waals surface area contributed by atoms with Crippen molar-refractivity contribution in [3.05, 3.63) is 0 Å². The summed E-state index contributed by atoms with van der Waals surface area (Å²) < 4.78 is 0. The molecule has 0 radical (unpaired) electrons. The summed E-state index contributed by atoms with van der Waals surface area (Å²) in [6.45, 7) is 1.99. The number of hydrogen-bond acceptors (Lipinski definition) is 3. The van der Waals surface area contributed by atoms with Gasteiger partial charge in [-0.05, 0) is 21.0 Å². The van der Waals surface area contributed by atoms with E-state index in [1.54, 1.807) is 0 Å². The summed E-state index contributed by atoms with van der Waals surface area (Å²) in [5.41, 5.74) is 2.59. The van der Waals surface area contributed by atoms with Crippen molar-refractivity contribution in [2.24, 2.45) is 5.84 Å². The average Bonchev–Trinajstić information content (AvgIpc) is 1.65. The summed E-state index contributed by atoms with van der Waals surface area (Å²) in [6.07, 6.45) is 0.264. The molecule has 0 rings (SSSR count). The molecule has 0 fully saturated rings. The molecular formula is C4H13N3. The van der Waals surface area contributed by atoms with Crippen molar-refractivity contribution < 1.29 is 0 Å². The highest BCUT2D eigenvalue weighted by Crippen LogP contribution is 1.79. The van der Waals surface area contributed by atoms with Gasteiger partial charge >= 0.3 is 0 Å². The fourth-order valence-electron chi connectivity index (χ4n) is 0.149. The number of nitrogens with one attached hydrogen (secondary N) is 1. The number of rotatable bonds is 2. The summed E-state index contributed by atoms with van der Waals surface area (Å²) >= 11 is 0. The van der Waals surface area contributed by atoms with Crippen LogP contribution in [0.3, 0.4) is 0 Å². The molecule has 3 nitrogen and oxygen atoms in total. The molecule has 1 unspecified atom stereocenters. The zero-order valence-corrected chi connectivity index (χ0v) is 5.10. The van der Waals surface area contributed by atoms with Crippen LogP contribution in [0.2, 0.25) is 0 Å². The van der Waals surface area contributed by atoms with Crippen LogP contribution in [0.15, 0.2) is 0 Å². The lowest BCUT2D eigenvalue weighted by molar-refractivity contribution is 0.268. The Morgan fingerprint density at radius 1 is 1.57 bits per heavy atom. The Morgan fingerprint density at radius 3 is 2.00 bits per heavy atom. The zero-order chi connectivity index (χ0) is 5.86. The predicted octanol–water partition coefficient (Wildman–Crippen LogP) is -0.643. The summed E-state index contributed by atoms with van der Waals surface area (Å²) in [7, 11) is 3.93. The zero-order valence-electron chi connectivity index (χ0n) is 5.10. The predicted molar refractivity (Wildman–Crippen MR) is 30.5 cm³/mol. The van der Waals surface area contributed by atoms with E-state index in [1.165, 1.54) is 0 Å². The molecule has 3 N–H and O–H groups in total. The molecule has 0 spiro atoms. The number of nitrogens with zero attached hydrogens (tertiary/aromatic N) is 1. The lowest BCUT2D eigenvalue weighted by atomic mass is 10.5. The first-order valence-corrected chi connectivity index (χ1v) is 2.31. The number of hydrazine groups is 1. The molecule has 0 aliphatic carbocycles. The maximum absolute atomic E-state index is 5.08. The first-order valence-electron chi connectivity index (χ1n) is 2.31. The van der Waals surface area contributed by atoms with E-state index in [0.29, 0.717) is 0 Å². The summed E-state index contributed by atoms with van der Waals surface area (Å²) in [4.78, 5) is 1.99. The molecule has 44 valence electrons. The van der Waals surface area contributed by atoms with Gasteiger partial charge in [0, 0.05) is 0 Å². The summed E-state index contributed by atoms with van der Waals surface area (Å²) in [5.74, 6) is 5.08. The minimum Gasteiger partial charge on any atom is -0.293 e. The van der Waals surface area contributed by atoms with Crippen LogP contribution in [0, 0.1) is 0 Å². The summed E-state index contributed by atoms with van der Waals surface area (Å²) in [6, 6.07) is 0. The second kappa shape index (κ2) is 2.96. The molecule has 0 heterocycles. The Morgan fingerprint density at radius 2 is 2.00 bits per heavy atom. The highest BCUT2D eigenvalue weighted by molar-refractivity contribution is 4.47. The van der Waals surface area contributed by atoms with E-state index in [4.69, 9.17) is 5.84 Å². The summed E-state index contributed by atoms with van der Waals surface area (Å²) in [5, 5.41) is 0. The van der Waals surface area contributed by atoms with Gasteiger partial charge in [0.05, 0.1) is 6.17 Å². The van der Waals surface area contributed by atoms with Gasteiger partial charge in [0.25, 0.3) is 0 Å². The topological polar surface area (TPSA) is 41.3 Å². The normalized spacial score (nSPS) is 15.0. The van der Waals surface area contributed by atoms with Crippen molar-refractivity contribution in [1.82, 2.24) is 10.3 Å². The van der Waals surface area contributed by atoms with Gasteiger partial charge in [-0.1, -0.05) is 0 Å². The average molecular weight is 103 g/mol. The molecule has 0 aromatic carbocycles. The SMILES string of the molecule is CC(NN)N(C)C. The minimum absolute atomic E-state index is 0.264. The van der Waals surface area contributed by atoms with E-state index in [-0.39, 0.29) is 6.17 Å². The molecule has 0 saturated heterocycles. The number of nitrogens with two attached hydrogens (primary N) is 1. The monoisotopic (exact) mass is 103 g/mol. The first-order chi connectivity index (χ1) is 3.18. The third-order valence-electron chi connectivity index (χ3n) is 1.02. The first kappa shape index (κ1) is 6.88. The van der Waals surface area contributed by atoms with Crippen LogP contribution in [0.1, 0.15) is 6.92 Å². The standard InChI is InChI=1S/C4H13N3/c1-4(6-5)7(2)3/h4,6H,5H2,1-3H3. The van der Waals surface area contributed by atoms with Gasteiger partial charge in [-0.15, -0.1) is 0 Å². The highest BCUT2D eigenvalue weighted by Gasteiger charge is 1.96. The molecule has 1 atom stereocenters. The lowest BCUT2D eigenvalue weighted by Gasteiger charge is -2.17. The fourth-order valence-corrected chi connectivity index (χ4v) is 0.149. The Hall–Kier alpha value is -0.120. The third kappa shape index (κ3) is 2.56. The van der Waals surface area contributed by atoms with E-state index >= 15 is 0 Å². The van der Waals surface area contributed by atoms with Crippen molar-refractivity contribution in [1.29, 1.82) is 0 Å².